The molecule has 0 saturated carbocycles. The van der Waals surface area contributed by atoms with Crippen molar-refractivity contribution in [2.24, 2.45) is 0 Å². The molecule has 0 radical (unpaired) electrons. The molecule has 0 aliphatic heterocycles. The minimum atomic E-state index is -3.18. The van der Waals surface area contributed by atoms with E-state index >= 15 is 8.78 Å². The van der Waals surface area contributed by atoms with Crippen LogP contribution >= 0.6 is 0 Å². The Morgan fingerprint density at radius 3 is 2.12 bits per heavy atom. The zero-order valence-electron chi connectivity index (χ0n) is 30.1. The Kier molecular flexibility index (Phi) is 8.24. The number of hydrogen-bond donors (Lipinski definition) is 0. The molecule has 5 nitrogen and oxygen atoms in total. The van der Waals surface area contributed by atoms with E-state index < -0.39 is 5.92 Å². The van der Waals surface area contributed by atoms with Crippen molar-refractivity contribution >= 4 is 54.6 Å². The van der Waals surface area contributed by atoms with Crippen molar-refractivity contribution in [2.45, 2.75) is 5.92 Å². The van der Waals surface area contributed by atoms with Crippen LogP contribution in [0.1, 0.15) is 11.1 Å². The quantitative estimate of drug-likeness (QED) is 0.156. The Labute approximate surface area is 340 Å². The van der Waals surface area contributed by atoms with Crippen LogP contribution in [0.5, 0.6) is 0 Å². The Hall–Kier alpha value is -6.69. The van der Waals surface area contributed by atoms with Gasteiger partial charge in [-0.2, -0.15) is 8.78 Å². The second kappa shape index (κ2) is 13.5. The monoisotopic (exact) mass is 920 g/mol. The van der Waals surface area contributed by atoms with E-state index in [1.807, 2.05) is 77.4 Å². The topological polar surface area (TPSA) is 49.7 Å². The third-order valence-corrected chi connectivity index (χ3v) is 10.7. The second-order valence-corrected chi connectivity index (χ2v) is 13.9. The van der Waals surface area contributed by atoms with Crippen LogP contribution in [0, 0.1) is 6.07 Å². The number of nitrogens with zero attached hydrogens (tertiary/aromatic N) is 5. The van der Waals surface area contributed by atoms with Gasteiger partial charge in [0, 0.05) is 34.1 Å². The van der Waals surface area contributed by atoms with Gasteiger partial charge in [-0.05, 0) is 58.1 Å². The molecule has 0 amide bonds. The largest absolute Gasteiger partial charge is 2.00 e. The number of rotatable bonds is 6. The predicted octanol–water partition coefficient (Wildman–Crippen LogP) is 12.1. The third-order valence-electron chi connectivity index (χ3n) is 10.7. The first-order valence-electron chi connectivity index (χ1n) is 18.4. The molecule has 274 valence electrons. The number of para-hydroxylation sites is 4. The van der Waals surface area contributed by atoms with Gasteiger partial charge in [0.05, 0.1) is 11.0 Å². The van der Waals surface area contributed by atoms with E-state index in [2.05, 4.69) is 64.1 Å². The Bertz CT molecular complexity index is 3280. The van der Waals surface area contributed by atoms with Crippen molar-refractivity contribution in [1.29, 1.82) is 0 Å². The fourth-order valence-corrected chi connectivity index (χ4v) is 8.15. The molecule has 0 unspecified atom stereocenters. The van der Waals surface area contributed by atoms with Crippen LogP contribution in [0.2, 0.25) is 0 Å². The van der Waals surface area contributed by atoms with Gasteiger partial charge in [-0.3, -0.25) is 4.57 Å². The van der Waals surface area contributed by atoms with Crippen LogP contribution in [0.15, 0.2) is 176 Å². The van der Waals surface area contributed by atoms with Crippen molar-refractivity contribution in [3.05, 3.63) is 193 Å². The van der Waals surface area contributed by atoms with Crippen LogP contribution in [-0.2, 0) is 27.0 Å². The van der Waals surface area contributed by atoms with E-state index in [9.17, 15) is 0 Å². The van der Waals surface area contributed by atoms with Crippen LogP contribution in [0.3, 0.4) is 0 Å². The molecule has 7 aromatic carbocycles. The average molecular weight is 921 g/mol. The molecule has 0 N–H and O–H groups in total. The number of hydrogen-bond acceptors (Lipinski definition) is 2. The zero-order chi connectivity index (χ0) is 37.4. The fraction of sp³-hybridized carbons (Fsp3) is 0.0204. The Morgan fingerprint density at radius 2 is 1.30 bits per heavy atom. The fourth-order valence-electron chi connectivity index (χ4n) is 8.15. The van der Waals surface area contributed by atoms with Crippen LogP contribution in [0.4, 0.5) is 8.78 Å². The minimum Gasteiger partial charge on any atom is -0.656 e. The number of alkyl halides is 2. The number of fused-ring (bicyclic) bond motifs is 7. The molecule has 0 saturated heterocycles. The number of aromatic nitrogens is 5. The molecule has 0 spiro atoms. The molecule has 0 aliphatic rings. The number of halogens is 2. The van der Waals surface area contributed by atoms with E-state index in [4.69, 9.17) is 9.97 Å². The normalized spacial score (nSPS) is 11.9. The van der Waals surface area contributed by atoms with Gasteiger partial charge in [0.1, 0.15) is 11.6 Å². The first kappa shape index (κ1) is 34.8. The summed E-state index contributed by atoms with van der Waals surface area (Å²) in [7, 11) is 0. The van der Waals surface area contributed by atoms with E-state index in [1.54, 1.807) is 36.5 Å². The number of imidazole rings is 1. The van der Waals surface area contributed by atoms with E-state index in [1.165, 1.54) is 18.2 Å². The number of pyridine rings is 1. The maximum atomic E-state index is 16.0. The summed E-state index contributed by atoms with van der Waals surface area (Å²) in [4.78, 5) is 15.2. The summed E-state index contributed by atoms with van der Waals surface area (Å²) < 4.78 is 36.1. The molecule has 0 atom stereocenters. The van der Waals surface area contributed by atoms with Crippen LogP contribution in [0.25, 0.3) is 88.7 Å². The van der Waals surface area contributed by atoms with Gasteiger partial charge in [-0.25, -0.2) is 9.97 Å². The van der Waals surface area contributed by atoms with E-state index in [0.717, 1.165) is 77.5 Å². The molecule has 8 heteroatoms. The van der Waals surface area contributed by atoms with Crippen LogP contribution < -0.4 is 4.98 Å². The minimum absolute atomic E-state index is 0. The smallest absolute Gasteiger partial charge is 0.656 e. The first-order valence-corrected chi connectivity index (χ1v) is 18.4. The Morgan fingerprint density at radius 1 is 0.561 bits per heavy atom. The van der Waals surface area contributed by atoms with Crippen molar-refractivity contribution in [3.8, 4) is 34.0 Å². The zero-order valence-corrected chi connectivity index (χ0v) is 32.3. The maximum absolute atomic E-state index is 16.0. The van der Waals surface area contributed by atoms with Gasteiger partial charge in [-0.1, -0.05) is 132 Å². The van der Waals surface area contributed by atoms with Crippen LogP contribution in [-0.4, -0.2) is 19.1 Å². The number of benzene rings is 7. The third kappa shape index (κ3) is 5.45. The molecule has 11 aromatic rings. The molecular weight excluding hydrogens is 892 g/mol. The van der Waals surface area contributed by atoms with Gasteiger partial charge in [0.25, 0.3) is 5.92 Å². The maximum Gasteiger partial charge on any atom is 2.00 e. The van der Waals surface area contributed by atoms with Crippen molar-refractivity contribution in [1.82, 2.24) is 24.1 Å². The van der Waals surface area contributed by atoms with Gasteiger partial charge in [0.2, 0.25) is 0 Å². The summed E-state index contributed by atoms with van der Waals surface area (Å²) in [5.74, 6) is -1.74. The molecule has 0 bridgehead atoms. The molecular formula is C49H29F2N5Pt. The molecule has 4 heterocycles. The Balaban J connectivity index is 0.00000396. The predicted molar refractivity (Wildman–Crippen MR) is 221 cm³/mol. The second-order valence-electron chi connectivity index (χ2n) is 13.9. The standard InChI is InChI=1S/C49H29F2N5.Pt/c50-49(51,32-13-3-1-4-14-32)33-25-27-42-40(30-33)37-26-24-31(29-44(37)56(42)45-23-9-10-28-52-45)35-18-12-22-43-47(35)54-48(55(43)34-15-5-2-6-16-34)39-20-11-19-38-36-17-7-8-21-41(36)53-46(38)39;/h1-28,30H;/q-2;+2. The van der Waals surface area contributed by atoms with Gasteiger partial charge in [0.15, 0.2) is 0 Å². The molecule has 57 heavy (non-hydrogen) atoms. The summed E-state index contributed by atoms with van der Waals surface area (Å²) in [6.45, 7) is 0. The molecule has 4 aromatic heterocycles. The average Bonchev–Trinajstić information content (AvgIpc) is 3.94. The van der Waals surface area contributed by atoms with Gasteiger partial charge < -0.3 is 9.55 Å². The first-order chi connectivity index (χ1) is 27.5. The van der Waals surface area contributed by atoms with Crippen molar-refractivity contribution in [2.75, 3.05) is 0 Å². The molecule has 0 fully saturated rings. The summed E-state index contributed by atoms with van der Waals surface area (Å²) in [5.41, 5.74) is 8.56. The van der Waals surface area contributed by atoms with Crippen molar-refractivity contribution in [3.63, 3.8) is 0 Å². The summed E-state index contributed by atoms with van der Waals surface area (Å²) in [6.07, 6.45) is 1.73. The van der Waals surface area contributed by atoms with E-state index in [0.29, 0.717) is 11.2 Å². The van der Waals surface area contributed by atoms with Gasteiger partial charge >= 0.3 is 21.1 Å². The SMILES string of the molecule is FC(F)(c1ccccc1)c1ccc2c(c1)c1ccc(-c3cccc4c3nc(-c3cccc5c3[n-]c3ccccc35)n4-c3ccccc3)[c-]c1n2-c1ccccn1.[Pt+2]. The van der Waals surface area contributed by atoms with Gasteiger partial charge in [-0.15, -0.1) is 34.8 Å². The summed E-state index contributed by atoms with van der Waals surface area (Å²) in [6, 6.07) is 57.2. The van der Waals surface area contributed by atoms with E-state index in [-0.39, 0.29) is 32.2 Å². The molecule has 0 aliphatic carbocycles. The summed E-state index contributed by atoms with van der Waals surface area (Å²) in [5, 5.41) is 3.67. The van der Waals surface area contributed by atoms with Crippen molar-refractivity contribution < 1.29 is 29.8 Å². The molecule has 11 rings (SSSR count). The summed E-state index contributed by atoms with van der Waals surface area (Å²) >= 11 is 0.